The van der Waals surface area contributed by atoms with Gasteiger partial charge in [-0.3, -0.25) is 9.59 Å². The van der Waals surface area contributed by atoms with Crippen molar-refractivity contribution < 1.29 is 22.7 Å². The summed E-state index contributed by atoms with van der Waals surface area (Å²) in [6.07, 6.45) is 1.84. The summed E-state index contributed by atoms with van der Waals surface area (Å²) in [5.41, 5.74) is 0.348. The first-order valence-electron chi connectivity index (χ1n) is 8.16. The van der Waals surface area contributed by atoms with Crippen LogP contribution in [0.3, 0.4) is 0 Å². The summed E-state index contributed by atoms with van der Waals surface area (Å²) in [5.74, 6) is 0.174. The smallest absolute Gasteiger partial charge is 0.261 e. The molecule has 1 fully saturated rings. The number of carbonyl (C=O) groups is 2. The Bertz CT molecular complexity index is 749. The molecule has 1 amide bonds. The molecule has 0 unspecified atom stereocenters. The second-order valence-corrected chi connectivity index (χ2v) is 9.35. The molecule has 1 aromatic carbocycles. The molecule has 138 valence electrons. The van der Waals surface area contributed by atoms with Crippen molar-refractivity contribution in [3.8, 4) is 5.75 Å². The largest absolute Gasteiger partial charge is 0.483 e. The lowest BCUT2D eigenvalue weighted by Crippen LogP contribution is -2.48. The molecule has 8 heteroatoms. The number of nitrogens with zero attached hydrogens (tertiary/aromatic N) is 1. The minimum atomic E-state index is -3.08. The molecule has 0 saturated carbocycles. The van der Waals surface area contributed by atoms with Crippen molar-refractivity contribution >= 4 is 38.0 Å². The van der Waals surface area contributed by atoms with Gasteiger partial charge in [-0.15, -0.1) is 0 Å². The highest BCUT2D eigenvalue weighted by Crippen LogP contribution is 2.24. The summed E-state index contributed by atoms with van der Waals surface area (Å²) in [7, 11) is -3.08. The molecule has 1 saturated heterocycles. The van der Waals surface area contributed by atoms with Gasteiger partial charge in [0, 0.05) is 16.6 Å². The van der Waals surface area contributed by atoms with E-state index < -0.39 is 9.84 Å². The van der Waals surface area contributed by atoms with Gasteiger partial charge in [0.2, 0.25) is 0 Å². The molecule has 1 heterocycles. The maximum atomic E-state index is 12.7. The van der Waals surface area contributed by atoms with E-state index in [9.17, 15) is 18.0 Å². The minimum absolute atomic E-state index is 0.000944. The van der Waals surface area contributed by atoms with Crippen LogP contribution in [0.1, 0.15) is 37.0 Å². The van der Waals surface area contributed by atoms with Crippen LogP contribution in [-0.4, -0.2) is 55.7 Å². The van der Waals surface area contributed by atoms with Crippen molar-refractivity contribution in [1.29, 1.82) is 0 Å². The lowest BCUT2D eigenvalue weighted by molar-refractivity contribution is -0.137. The fraction of sp³-hybridized carbons (Fsp3) is 0.529. The van der Waals surface area contributed by atoms with Crippen molar-refractivity contribution in [1.82, 2.24) is 4.90 Å². The number of hydrogen-bond acceptors (Lipinski definition) is 5. The third-order valence-electron chi connectivity index (χ3n) is 4.41. The zero-order valence-corrected chi connectivity index (χ0v) is 16.7. The molecule has 0 aromatic heterocycles. The first-order chi connectivity index (χ1) is 11.8. The molecule has 0 N–H and O–H groups in total. The van der Waals surface area contributed by atoms with Crippen LogP contribution >= 0.6 is 15.9 Å². The van der Waals surface area contributed by atoms with E-state index in [1.807, 2.05) is 13.8 Å². The number of benzene rings is 1. The Morgan fingerprint density at radius 2 is 2.20 bits per heavy atom. The third kappa shape index (κ3) is 5.04. The lowest BCUT2D eigenvalue weighted by atomic mass is 10.1. The zero-order chi connectivity index (χ0) is 18.6. The Labute approximate surface area is 156 Å². The number of halogens is 1. The summed E-state index contributed by atoms with van der Waals surface area (Å²) in [6, 6.07) is 4.57. The van der Waals surface area contributed by atoms with Crippen LogP contribution in [0.15, 0.2) is 22.7 Å². The molecule has 0 radical (unpaired) electrons. The predicted octanol–water partition coefficient (Wildman–Crippen LogP) is 2.45. The van der Waals surface area contributed by atoms with Crippen LogP contribution in [0.4, 0.5) is 0 Å². The molecule has 1 aliphatic rings. The predicted molar refractivity (Wildman–Crippen MR) is 98.7 cm³/mol. The molecule has 6 nitrogen and oxygen atoms in total. The van der Waals surface area contributed by atoms with Gasteiger partial charge >= 0.3 is 0 Å². The average Bonchev–Trinajstić information content (AvgIpc) is 2.92. The van der Waals surface area contributed by atoms with E-state index in [4.69, 9.17) is 4.74 Å². The second-order valence-electron chi connectivity index (χ2n) is 6.20. The SMILES string of the molecule is CC[C@H](C)N(C(=O)COc1ccc(Br)cc1C=O)[C@H]1CCS(=O)(=O)C1. The van der Waals surface area contributed by atoms with Gasteiger partial charge in [0.15, 0.2) is 22.7 Å². The van der Waals surface area contributed by atoms with E-state index in [1.165, 1.54) is 0 Å². The number of rotatable bonds is 7. The van der Waals surface area contributed by atoms with Gasteiger partial charge in [-0.05, 0) is 38.0 Å². The second kappa shape index (κ2) is 8.31. The molecule has 25 heavy (non-hydrogen) atoms. The van der Waals surface area contributed by atoms with Gasteiger partial charge in [-0.2, -0.15) is 0 Å². The Kier molecular flexibility index (Phi) is 6.62. The number of amides is 1. The van der Waals surface area contributed by atoms with Crippen molar-refractivity contribution in [2.24, 2.45) is 0 Å². The number of sulfone groups is 1. The fourth-order valence-electron chi connectivity index (χ4n) is 2.96. The van der Waals surface area contributed by atoms with Crippen LogP contribution in [0.25, 0.3) is 0 Å². The molecule has 0 spiro atoms. The first kappa shape index (κ1) is 19.9. The Morgan fingerprint density at radius 1 is 1.48 bits per heavy atom. The number of ether oxygens (including phenoxy) is 1. The van der Waals surface area contributed by atoms with Crippen LogP contribution in [-0.2, 0) is 14.6 Å². The monoisotopic (exact) mass is 431 g/mol. The highest BCUT2D eigenvalue weighted by atomic mass is 79.9. The van der Waals surface area contributed by atoms with E-state index in [0.717, 1.165) is 10.9 Å². The van der Waals surface area contributed by atoms with Crippen LogP contribution in [0.5, 0.6) is 5.75 Å². The fourth-order valence-corrected chi connectivity index (χ4v) is 5.05. The zero-order valence-electron chi connectivity index (χ0n) is 14.3. The molecule has 0 aliphatic carbocycles. The topological polar surface area (TPSA) is 80.8 Å². The molecule has 2 rings (SSSR count). The van der Waals surface area contributed by atoms with Crippen molar-refractivity contribution in [2.45, 2.75) is 38.8 Å². The number of aldehydes is 1. The van der Waals surface area contributed by atoms with E-state index in [2.05, 4.69) is 15.9 Å². The quantitative estimate of drug-likeness (QED) is 0.619. The van der Waals surface area contributed by atoms with E-state index >= 15 is 0 Å². The molecule has 1 aliphatic heterocycles. The Hall–Kier alpha value is -1.41. The molecule has 1 aromatic rings. The standard InChI is InChI=1S/C17H22BrNO5S/c1-3-12(2)19(15-6-7-25(22,23)11-15)17(21)10-24-16-5-4-14(18)8-13(16)9-20/h4-5,8-9,12,15H,3,6-7,10-11H2,1-2H3/t12-,15-/m0/s1. The highest BCUT2D eigenvalue weighted by Gasteiger charge is 2.36. The summed E-state index contributed by atoms with van der Waals surface area (Å²) < 4.78 is 29.8. The molecule has 2 atom stereocenters. The van der Waals surface area contributed by atoms with Gasteiger partial charge in [0.1, 0.15) is 5.75 Å². The van der Waals surface area contributed by atoms with Gasteiger partial charge < -0.3 is 9.64 Å². The average molecular weight is 432 g/mol. The normalized spacial score (nSPS) is 20.0. The van der Waals surface area contributed by atoms with Gasteiger partial charge in [-0.1, -0.05) is 22.9 Å². The molecular formula is C17H22BrNO5S. The van der Waals surface area contributed by atoms with E-state index in [1.54, 1.807) is 23.1 Å². The summed E-state index contributed by atoms with van der Waals surface area (Å²) in [4.78, 5) is 25.4. The van der Waals surface area contributed by atoms with Gasteiger partial charge in [0.25, 0.3) is 5.91 Å². The summed E-state index contributed by atoms with van der Waals surface area (Å²) in [5, 5.41) is 0. The van der Waals surface area contributed by atoms with E-state index in [0.29, 0.717) is 24.0 Å². The Balaban J connectivity index is 2.11. The lowest BCUT2D eigenvalue weighted by Gasteiger charge is -2.33. The molecular weight excluding hydrogens is 410 g/mol. The molecule has 0 bridgehead atoms. The van der Waals surface area contributed by atoms with Gasteiger partial charge in [-0.25, -0.2) is 8.42 Å². The number of carbonyl (C=O) groups excluding carboxylic acids is 2. The van der Waals surface area contributed by atoms with Crippen molar-refractivity contribution in [2.75, 3.05) is 18.1 Å². The highest BCUT2D eigenvalue weighted by molar-refractivity contribution is 9.10. The van der Waals surface area contributed by atoms with Crippen LogP contribution in [0.2, 0.25) is 0 Å². The van der Waals surface area contributed by atoms with E-state index in [-0.39, 0.29) is 36.1 Å². The van der Waals surface area contributed by atoms with Crippen LogP contribution in [0, 0.1) is 0 Å². The third-order valence-corrected chi connectivity index (χ3v) is 6.65. The minimum Gasteiger partial charge on any atom is -0.483 e. The summed E-state index contributed by atoms with van der Waals surface area (Å²) >= 11 is 3.28. The van der Waals surface area contributed by atoms with Crippen LogP contribution < -0.4 is 4.74 Å². The summed E-state index contributed by atoms with van der Waals surface area (Å²) in [6.45, 7) is 3.62. The maximum absolute atomic E-state index is 12.7. The Morgan fingerprint density at radius 3 is 2.76 bits per heavy atom. The first-order valence-corrected chi connectivity index (χ1v) is 10.8. The number of hydrogen-bond donors (Lipinski definition) is 0. The maximum Gasteiger partial charge on any atom is 0.261 e. The van der Waals surface area contributed by atoms with Gasteiger partial charge in [0.05, 0.1) is 17.1 Å². The van der Waals surface area contributed by atoms with Crippen molar-refractivity contribution in [3.05, 3.63) is 28.2 Å². The van der Waals surface area contributed by atoms with Crippen molar-refractivity contribution in [3.63, 3.8) is 0 Å².